The van der Waals surface area contributed by atoms with Gasteiger partial charge in [-0.15, -0.1) is 0 Å². The molecule has 0 spiro atoms. The molecule has 0 aliphatic heterocycles. The third kappa shape index (κ3) is 5.94. The Morgan fingerprint density at radius 1 is 1.02 bits per heavy atom. The molecule has 2 aromatic carbocycles. The smallest absolute Gasteiger partial charge is 0.324 e. The molecule has 218 valence electrons. The first-order valence-electron chi connectivity index (χ1n) is 13.9. The molecule has 11 heteroatoms. The topological polar surface area (TPSA) is 143 Å². The lowest BCUT2D eigenvalue weighted by Gasteiger charge is -2.16. The number of urea groups is 1. The van der Waals surface area contributed by atoms with Crippen LogP contribution >= 0.6 is 0 Å². The summed E-state index contributed by atoms with van der Waals surface area (Å²) >= 11 is 0. The lowest BCUT2D eigenvalue weighted by atomic mass is 9.92. The molecule has 3 N–H and O–H groups in total. The summed E-state index contributed by atoms with van der Waals surface area (Å²) in [6.45, 7) is 9.99. The Kier molecular flexibility index (Phi) is 7.70. The molecule has 43 heavy (non-hydrogen) atoms. The fourth-order valence-electron chi connectivity index (χ4n) is 4.68. The molecule has 2 amide bonds. The number of rotatable bonds is 6. The third-order valence-corrected chi connectivity index (χ3v) is 6.90. The molecular weight excluding hydrogens is 542 g/mol. The quantitative estimate of drug-likeness (QED) is 0.223. The zero-order valence-electron chi connectivity index (χ0n) is 24.9. The maximum atomic E-state index is 13.6. The van der Waals surface area contributed by atoms with Gasteiger partial charge in [-0.2, -0.15) is 15.3 Å². The van der Waals surface area contributed by atoms with Crippen LogP contribution in [0.4, 0.5) is 22.2 Å². The highest BCUT2D eigenvalue weighted by molar-refractivity contribution is 6.00. The number of pyridine rings is 1. The van der Waals surface area contributed by atoms with Gasteiger partial charge in [0.05, 0.1) is 23.0 Å². The van der Waals surface area contributed by atoms with Gasteiger partial charge in [-0.05, 0) is 61.9 Å². The summed E-state index contributed by atoms with van der Waals surface area (Å²) in [5, 5.41) is 23.3. The third-order valence-electron chi connectivity index (χ3n) is 6.90. The van der Waals surface area contributed by atoms with Crippen LogP contribution < -0.4 is 21.5 Å². The van der Waals surface area contributed by atoms with Crippen LogP contribution in [0.25, 0.3) is 27.8 Å². The number of carbonyl (C=O) groups excluding carboxylic acids is 1. The summed E-state index contributed by atoms with van der Waals surface area (Å²) in [6, 6.07) is 19.2. The highest BCUT2D eigenvalue weighted by Crippen LogP contribution is 2.28. The van der Waals surface area contributed by atoms with Gasteiger partial charge in [0.25, 0.3) is 5.56 Å². The minimum absolute atomic E-state index is 0.138. The summed E-state index contributed by atoms with van der Waals surface area (Å²) in [5.41, 5.74) is 3.74. The van der Waals surface area contributed by atoms with E-state index in [0.717, 1.165) is 11.1 Å². The largest absolute Gasteiger partial charge is 0.357 e. The Balaban J connectivity index is 1.46. The average molecular weight is 576 g/mol. The zero-order valence-corrected chi connectivity index (χ0v) is 24.9. The monoisotopic (exact) mass is 575 g/mol. The van der Waals surface area contributed by atoms with Crippen molar-refractivity contribution >= 4 is 34.5 Å². The van der Waals surface area contributed by atoms with E-state index in [0.29, 0.717) is 45.5 Å². The number of fused-ring (bicyclic) bond motifs is 1. The molecule has 3 heterocycles. The number of nitrogens with zero attached hydrogens (tertiary/aromatic N) is 6. The standard InChI is InChI=1S/C32H33N9O2/c1-19(2)40-28-22(18-35-30(34-6)38-28)15-25(29(40)42)21-8-7-9-23(14-21)36-31(43)37-27-16-26(32(3,4)5)39-41(27)24-12-10-20(17-33)11-13-24/h7-16,18-19H,1-6H3,(H,34,35,38)(H2,36,37,43). The maximum Gasteiger partial charge on any atom is 0.324 e. The van der Waals surface area contributed by atoms with Crippen molar-refractivity contribution in [1.82, 2.24) is 24.3 Å². The molecule has 0 saturated carbocycles. The Hall–Kier alpha value is -5.50. The van der Waals surface area contributed by atoms with Crippen LogP contribution in [-0.2, 0) is 5.41 Å². The second-order valence-corrected chi connectivity index (χ2v) is 11.4. The first-order valence-corrected chi connectivity index (χ1v) is 13.9. The number of benzene rings is 2. The van der Waals surface area contributed by atoms with Crippen LogP contribution in [0.2, 0.25) is 0 Å². The lowest BCUT2D eigenvalue weighted by Crippen LogP contribution is -2.25. The van der Waals surface area contributed by atoms with E-state index < -0.39 is 6.03 Å². The van der Waals surface area contributed by atoms with Crippen LogP contribution in [-0.4, -0.2) is 37.4 Å². The second kappa shape index (κ2) is 11.4. The molecule has 0 unspecified atom stereocenters. The number of hydrogen-bond donors (Lipinski definition) is 3. The minimum Gasteiger partial charge on any atom is -0.357 e. The summed E-state index contributed by atoms with van der Waals surface area (Å²) < 4.78 is 3.29. The predicted molar refractivity (Wildman–Crippen MR) is 169 cm³/mol. The number of aromatic nitrogens is 5. The number of anilines is 3. The fourth-order valence-corrected chi connectivity index (χ4v) is 4.68. The van der Waals surface area contributed by atoms with E-state index >= 15 is 0 Å². The fraction of sp³-hybridized carbons (Fsp3) is 0.250. The van der Waals surface area contributed by atoms with Gasteiger partial charge >= 0.3 is 6.03 Å². The molecule has 0 aliphatic rings. The number of hydrogen-bond acceptors (Lipinski definition) is 7. The van der Waals surface area contributed by atoms with Crippen LogP contribution in [0.5, 0.6) is 0 Å². The van der Waals surface area contributed by atoms with Gasteiger partial charge in [-0.25, -0.2) is 14.5 Å². The Labute approximate surface area is 249 Å². The highest BCUT2D eigenvalue weighted by atomic mass is 16.2. The molecule has 0 aliphatic carbocycles. The summed E-state index contributed by atoms with van der Waals surface area (Å²) in [7, 11) is 1.73. The summed E-state index contributed by atoms with van der Waals surface area (Å²) in [6.07, 6.45) is 1.69. The number of nitriles is 1. The first kappa shape index (κ1) is 29.0. The van der Waals surface area contributed by atoms with E-state index in [4.69, 9.17) is 5.10 Å². The molecule has 0 atom stereocenters. The minimum atomic E-state index is -0.474. The molecule has 0 bridgehead atoms. The van der Waals surface area contributed by atoms with E-state index in [1.165, 1.54) is 0 Å². The molecule has 0 saturated heterocycles. The van der Waals surface area contributed by atoms with Crippen LogP contribution in [0, 0.1) is 11.3 Å². The maximum absolute atomic E-state index is 13.6. The Bertz CT molecular complexity index is 1920. The molecular formula is C32H33N9O2. The van der Waals surface area contributed by atoms with Crippen molar-refractivity contribution in [1.29, 1.82) is 5.26 Å². The van der Waals surface area contributed by atoms with E-state index in [1.54, 1.807) is 71.0 Å². The van der Waals surface area contributed by atoms with Crippen molar-refractivity contribution in [3.63, 3.8) is 0 Å². The van der Waals surface area contributed by atoms with Gasteiger partial charge in [-0.3, -0.25) is 14.7 Å². The van der Waals surface area contributed by atoms with E-state index in [2.05, 4.69) is 32.0 Å². The van der Waals surface area contributed by atoms with Crippen LogP contribution in [0.15, 0.2) is 71.7 Å². The van der Waals surface area contributed by atoms with Crippen LogP contribution in [0.3, 0.4) is 0 Å². The molecule has 0 radical (unpaired) electrons. The number of amides is 2. The SMILES string of the molecule is CNc1ncc2cc(-c3cccc(NC(=O)Nc4cc(C(C)(C)C)nn4-c4ccc(C#N)cc4)c3)c(=O)n(C(C)C)c2n1. The molecule has 3 aromatic heterocycles. The van der Waals surface area contributed by atoms with Gasteiger partial charge in [0.1, 0.15) is 11.5 Å². The van der Waals surface area contributed by atoms with Crippen molar-refractivity contribution in [2.45, 2.75) is 46.1 Å². The normalized spacial score (nSPS) is 11.4. The molecule has 5 aromatic rings. The van der Waals surface area contributed by atoms with Crippen molar-refractivity contribution in [2.75, 3.05) is 23.0 Å². The van der Waals surface area contributed by atoms with Gasteiger partial charge in [0, 0.05) is 47.4 Å². The van der Waals surface area contributed by atoms with E-state index in [9.17, 15) is 14.9 Å². The van der Waals surface area contributed by atoms with Crippen molar-refractivity contribution < 1.29 is 4.79 Å². The van der Waals surface area contributed by atoms with E-state index in [1.807, 2.05) is 46.8 Å². The summed E-state index contributed by atoms with van der Waals surface area (Å²) in [4.78, 5) is 35.7. The second-order valence-electron chi connectivity index (χ2n) is 11.4. The summed E-state index contributed by atoms with van der Waals surface area (Å²) in [5.74, 6) is 0.903. The lowest BCUT2D eigenvalue weighted by molar-refractivity contribution is 0.262. The van der Waals surface area contributed by atoms with Crippen molar-refractivity contribution in [2.24, 2.45) is 0 Å². The van der Waals surface area contributed by atoms with Crippen molar-refractivity contribution in [3.8, 4) is 22.9 Å². The van der Waals surface area contributed by atoms with Gasteiger partial charge in [0.15, 0.2) is 0 Å². The van der Waals surface area contributed by atoms with E-state index in [-0.39, 0.29) is 17.0 Å². The Morgan fingerprint density at radius 3 is 2.42 bits per heavy atom. The Morgan fingerprint density at radius 2 is 1.77 bits per heavy atom. The van der Waals surface area contributed by atoms with Gasteiger partial charge in [-0.1, -0.05) is 32.9 Å². The molecule has 11 nitrogen and oxygen atoms in total. The molecule has 0 fully saturated rings. The number of carbonyl (C=O) groups is 1. The van der Waals surface area contributed by atoms with Gasteiger partial charge < -0.3 is 10.6 Å². The van der Waals surface area contributed by atoms with Crippen molar-refractivity contribution in [3.05, 3.63) is 88.5 Å². The number of nitrogens with one attached hydrogen (secondary N) is 3. The highest BCUT2D eigenvalue weighted by Gasteiger charge is 2.22. The molecule has 5 rings (SSSR count). The average Bonchev–Trinajstić information content (AvgIpc) is 3.40. The van der Waals surface area contributed by atoms with Gasteiger partial charge in [0.2, 0.25) is 5.95 Å². The first-order chi connectivity index (χ1) is 20.5. The van der Waals surface area contributed by atoms with Crippen LogP contribution in [0.1, 0.15) is 51.9 Å². The zero-order chi connectivity index (χ0) is 30.9. The predicted octanol–water partition coefficient (Wildman–Crippen LogP) is 6.08.